The van der Waals surface area contributed by atoms with Crippen LogP contribution in [0.3, 0.4) is 0 Å². The van der Waals surface area contributed by atoms with Gasteiger partial charge in [0, 0.05) is 25.5 Å². The van der Waals surface area contributed by atoms with Crippen molar-refractivity contribution < 1.29 is 19.3 Å². The number of hydrogen-bond acceptors (Lipinski definition) is 6. The highest BCUT2D eigenvalue weighted by Gasteiger charge is 2.46. The van der Waals surface area contributed by atoms with Crippen molar-refractivity contribution in [1.29, 1.82) is 0 Å². The Labute approximate surface area is 176 Å². The van der Waals surface area contributed by atoms with Crippen LogP contribution in [-0.2, 0) is 15.2 Å². The van der Waals surface area contributed by atoms with Crippen LogP contribution in [0.2, 0.25) is 0 Å². The summed E-state index contributed by atoms with van der Waals surface area (Å²) in [6.07, 6.45) is 0.444. The fourth-order valence-corrected chi connectivity index (χ4v) is 4.51. The molecule has 1 amide bonds. The third kappa shape index (κ3) is 3.74. The van der Waals surface area contributed by atoms with E-state index in [0.29, 0.717) is 18.6 Å². The number of amides is 1. The minimum absolute atomic E-state index is 0.0274. The summed E-state index contributed by atoms with van der Waals surface area (Å²) in [5, 5.41) is 18.7. The number of carbonyl (C=O) groups is 1. The number of hydrogen-bond donors (Lipinski definition) is 1. The van der Waals surface area contributed by atoms with Gasteiger partial charge in [-0.25, -0.2) is 0 Å². The van der Waals surface area contributed by atoms with Gasteiger partial charge in [0.05, 0.1) is 23.6 Å². The molecule has 1 aromatic carbocycles. The Morgan fingerprint density at radius 3 is 2.67 bits per heavy atom. The zero-order valence-corrected chi connectivity index (χ0v) is 17.9. The molecule has 1 saturated heterocycles. The summed E-state index contributed by atoms with van der Waals surface area (Å²) < 4.78 is 5.43. The minimum atomic E-state index is -0.588. The number of likely N-dealkylation sites (tertiary alicyclic amines) is 1. The minimum Gasteiger partial charge on any atom is -0.391 e. The van der Waals surface area contributed by atoms with E-state index in [1.165, 1.54) is 0 Å². The Balaban J connectivity index is 1.57. The molecule has 0 aliphatic carbocycles. The number of aryl methyl sites for hydroxylation is 1. The number of aliphatic hydroxyl groups excluding tert-OH is 1. The topological polar surface area (TPSA) is 88.2 Å². The second kappa shape index (κ2) is 7.87. The fourth-order valence-electron chi connectivity index (χ4n) is 4.51. The molecule has 0 spiro atoms. The van der Waals surface area contributed by atoms with Crippen molar-refractivity contribution in [2.24, 2.45) is 11.1 Å². The molecule has 0 radical (unpaired) electrons. The number of carbonyl (C=O) groups excluding carboxylic acids is 1. The molecular weight excluding hydrogens is 382 g/mol. The first-order chi connectivity index (χ1) is 14.3. The first kappa shape index (κ1) is 20.6. The Hall–Kier alpha value is -2.67. The molecule has 1 N–H and O–H groups in total. The van der Waals surface area contributed by atoms with Gasteiger partial charge in [-0.15, -0.1) is 0 Å². The number of benzene rings is 1. The summed E-state index contributed by atoms with van der Waals surface area (Å²) in [5.74, 6) is 0.0621. The van der Waals surface area contributed by atoms with Crippen molar-refractivity contribution in [2.45, 2.75) is 64.2 Å². The molecule has 1 fully saturated rings. The van der Waals surface area contributed by atoms with Gasteiger partial charge in [-0.3, -0.25) is 4.79 Å². The van der Waals surface area contributed by atoms with Crippen LogP contribution in [0.5, 0.6) is 0 Å². The quantitative estimate of drug-likeness (QED) is 0.815. The second-order valence-corrected chi connectivity index (χ2v) is 8.94. The predicted molar refractivity (Wildman–Crippen MR) is 112 cm³/mol. The Morgan fingerprint density at radius 1 is 1.30 bits per heavy atom. The molecular formula is C23H29N3O4. The van der Waals surface area contributed by atoms with E-state index in [0.717, 1.165) is 17.0 Å². The Morgan fingerprint density at radius 2 is 2.03 bits per heavy atom. The van der Waals surface area contributed by atoms with Crippen LogP contribution < -0.4 is 0 Å². The molecule has 4 rings (SSSR count). The normalized spacial score (nSPS) is 27.3. The number of nitrogens with zero attached hydrogens (tertiary/aromatic N) is 3. The summed E-state index contributed by atoms with van der Waals surface area (Å²) in [5.41, 5.74) is 2.01. The lowest BCUT2D eigenvalue weighted by atomic mass is 9.87. The van der Waals surface area contributed by atoms with Crippen LogP contribution in [0.1, 0.15) is 56.5 Å². The van der Waals surface area contributed by atoms with Gasteiger partial charge < -0.3 is 19.4 Å². The van der Waals surface area contributed by atoms with Gasteiger partial charge in [-0.1, -0.05) is 54.5 Å². The second-order valence-electron chi connectivity index (χ2n) is 8.94. The van der Waals surface area contributed by atoms with Crippen LogP contribution in [-0.4, -0.2) is 45.5 Å². The van der Waals surface area contributed by atoms with E-state index in [4.69, 9.17) is 9.36 Å². The van der Waals surface area contributed by atoms with Crippen LogP contribution >= 0.6 is 0 Å². The van der Waals surface area contributed by atoms with Crippen LogP contribution in [0.25, 0.3) is 0 Å². The third-order valence-electron chi connectivity index (χ3n) is 6.10. The Kier molecular flexibility index (Phi) is 5.40. The number of β-amino-alcohol motifs (C(OH)–C–C–N with tert-alkyl or cyclic N) is 1. The molecule has 4 atom stereocenters. The summed E-state index contributed by atoms with van der Waals surface area (Å²) in [7, 11) is 0. The summed E-state index contributed by atoms with van der Waals surface area (Å²) in [4.78, 5) is 21.2. The average Bonchev–Trinajstić information content (AvgIpc) is 3.41. The molecule has 160 valence electrons. The highest BCUT2D eigenvalue weighted by atomic mass is 16.7. The molecule has 2 aliphatic rings. The lowest BCUT2D eigenvalue weighted by Crippen LogP contribution is -2.44. The van der Waals surface area contributed by atoms with Gasteiger partial charge in [0.2, 0.25) is 5.91 Å². The van der Waals surface area contributed by atoms with Gasteiger partial charge in [0.1, 0.15) is 11.7 Å². The Bertz CT molecular complexity index is 939. The third-order valence-corrected chi connectivity index (χ3v) is 6.10. The van der Waals surface area contributed by atoms with Crippen molar-refractivity contribution in [3.8, 4) is 0 Å². The van der Waals surface area contributed by atoms with Crippen molar-refractivity contribution >= 4 is 11.6 Å². The standard InChI is InChI=1S/C23H29N3O4/c1-14(2)21(20-10-15(3)24-29-20)22(28)26-13-17(27)11-19(26)18-12-23(4,30-25-18)16-8-6-5-7-9-16/h5-10,14,17,19,21,27H,11-13H2,1-4H3/t17-,19+,21+,23-/m1/s1. The van der Waals surface area contributed by atoms with E-state index in [1.807, 2.05) is 64.1 Å². The monoisotopic (exact) mass is 411 g/mol. The molecule has 3 heterocycles. The largest absolute Gasteiger partial charge is 0.391 e. The lowest BCUT2D eigenvalue weighted by molar-refractivity contribution is -0.134. The van der Waals surface area contributed by atoms with Crippen molar-refractivity contribution in [2.75, 3.05) is 6.54 Å². The van der Waals surface area contributed by atoms with E-state index in [-0.39, 0.29) is 24.4 Å². The van der Waals surface area contributed by atoms with Gasteiger partial charge in [-0.2, -0.15) is 0 Å². The number of oxime groups is 1. The summed E-state index contributed by atoms with van der Waals surface area (Å²) in [6, 6.07) is 11.5. The fraction of sp³-hybridized carbons (Fsp3) is 0.522. The lowest BCUT2D eigenvalue weighted by Gasteiger charge is -2.29. The molecule has 0 saturated carbocycles. The van der Waals surface area contributed by atoms with Crippen LogP contribution in [0.15, 0.2) is 46.1 Å². The zero-order chi connectivity index (χ0) is 21.5. The van der Waals surface area contributed by atoms with Gasteiger partial charge in [0.25, 0.3) is 0 Å². The van der Waals surface area contributed by atoms with E-state index in [2.05, 4.69) is 10.3 Å². The smallest absolute Gasteiger partial charge is 0.234 e. The highest BCUT2D eigenvalue weighted by molar-refractivity contribution is 5.96. The summed E-state index contributed by atoms with van der Waals surface area (Å²) >= 11 is 0. The molecule has 7 heteroatoms. The summed E-state index contributed by atoms with van der Waals surface area (Å²) in [6.45, 7) is 8.10. The number of aliphatic hydroxyl groups is 1. The first-order valence-corrected chi connectivity index (χ1v) is 10.5. The van der Waals surface area contributed by atoms with Gasteiger partial charge >= 0.3 is 0 Å². The molecule has 2 aliphatic heterocycles. The van der Waals surface area contributed by atoms with Crippen molar-refractivity contribution in [1.82, 2.24) is 10.1 Å². The van der Waals surface area contributed by atoms with Crippen LogP contribution in [0, 0.1) is 12.8 Å². The molecule has 1 aromatic heterocycles. The first-order valence-electron chi connectivity index (χ1n) is 10.5. The molecule has 0 unspecified atom stereocenters. The van der Waals surface area contributed by atoms with Crippen LogP contribution in [0.4, 0.5) is 0 Å². The number of rotatable bonds is 5. The van der Waals surface area contributed by atoms with E-state index in [1.54, 1.807) is 4.90 Å². The van der Waals surface area contributed by atoms with Crippen molar-refractivity contribution in [3.05, 3.63) is 53.4 Å². The maximum absolute atomic E-state index is 13.6. The van der Waals surface area contributed by atoms with E-state index < -0.39 is 17.6 Å². The van der Waals surface area contributed by atoms with Gasteiger partial charge in [0.15, 0.2) is 5.60 Å². The number of aromatic nitrogens is 1. The molecule has 0 bridgehead atoms. The van der Waals surface area contributed by atoms with E-state index in [9.17, 15) is 9.90 Å². The predicted octanol–water partition coefficient (Wildman–Crippen LogP) is 3.38. The highest BCUT2D eigenvalue weighted by Crippen LogP contribution is 2.38. The SMILES string of the molecule is Cc1cc([C@@H](C(=O)N2C[C@H](O)C[C@H]2C2=NO[C@@](C)(c3ccccc3)C2)C(C)C)on1. The maximum atomic E-state index is 13.6. The van der Waals surface area contributed by atoms with Gasteiger partial charge in [-0.05, 0) is 25.3 Å². The average molecular weight is 412 g/mol. The molecule has 7 nitrogen and oxygen atoms in total. The van der Waals surface area contributed by atoms with E-state index >= 15 is 0 Å². The van der Waals surface area contributed by atoms with Crippen molar-refractivity contribution in [3.63, 3.8) is 0 Å². The zero-order valence-electron chi connectivity index (χ0n) is 17.9. The maximum Gasteiger partial charge on any atom is 0.234 e. The molecule has 2 aromatic rings. The molecule has 30 heavy (non-hydrogen) atoms.